The Labute approximate surface area is 163 Å². The molecule has 2 aromatic carbocycles. The first kappa shape index (κ1) is 17.9. The molecule has 4 heteroatoms. The Balaban J connectivity index is 1.64. The van der Waals surface area contributed by atoms with Crippen LogP contribution in [-0.4, -0.2) is 11.3 Å². The Morgan fingerprint density at radius 1 is 0.786 bits per heavy atom. The largest absolute Gasteiger partial charge is 0.507 e. The lowest BCUT2D eigenvalue weighted by Gasteiger charge is -2.13. The second-order valence-electron chi connectivity index (χ2n) is 6.74. The van der Waals surface area contributed by atoms with E-state index in [-0.39, 0.29) is 11.7 Å². The minimum Gasteiger partial charge on any atom is -0.507 e. The molecule has 0 fully saturated rings. The summed E-state index contributed by atoms with van der Waals surface area (Å²) in [6, 6.07) is 23.0. The maximum Gasteiger partial charge on any atom is 0.124 e. The molecule has 2 aromatic heterocycles. The summed E-state index contributed by atoms with van der Waals surface area (Å²) in [6.45, 7) is 3.87. The molecule has 140 valence electrons. The van der Waals surface area contributed by atoms with Crippen molar-refractivity contribution in [1.82, 2.24) is 0 Å². The van der Waals surface area contributed by atoms with Crippen molar-refractivity contribution in [3.63, 3.8) is 0 Å². The zero-order valence-electron chi connectivity index (χ0n) is 15.8. The second-order valence-corrected chi connectivity index (χ2v) is 6.74. The smallest absolute Gasteiger partial charge is 0.124 e. The van der Waals surface area contributed by atoms with Gasteiger partial charge >= 0.3 is 0 Å². The lowest BCUT2D eigenvalue weighted by atomic mass is 9.94. The van der Waals surface area contributed by atoms with E-state index >= 15 is 0 Å². The van der Waals surface area contributed by atoms with Crippen LogP contribution in [0, 0.1) is 13.8 Å². The standard InChI is InChI=1S/C24H21NO3/c1-16-7-13-22(27-16)24(23-14-8-17(2)28-23)18-9-11-20(12-10-18)25-15-19-5-3-4-6-21(19)26/h3-15,24,26H,1-2H3. The van der Waals surface area contributed by atoms with E-state index in [0.29, 0.717) is 5.56 Å². The van der Waals surface area contributed by atoms with Gasteiger partial charge in [-0.1, -0.05) is 24.3 Å². The molecule has 2 heterocycles. The molecule has 28 heavy (non-hydrogen) atoms. The first-order valence-corrected chi connectivity index (χ1v) is 9.15. The summed E-state index contributed by atoms with van der Waals surface area (Å²) in [5.41, 5.74) is 2.55. The average molecular weight is 371 g/mol. The van der Waals surface area contributed by atoms with Gasteiger partial charge in [0.1, 0.15) is 34.7 Å². The van der Waals surface area contributed by atoms with Crippen LogP contribution in [0.5, 0.6) is 5.75 Å². The van der Waals surface area contributed by atoms with Crippen molar-refractivity contribution < 1.29 is 13.9 Å². The molecule has 4 rings (SSSR count). The highest BCUT2D eigenvalue weighted by atomic mass is 16.4. The van der Waals surface area contributed by atoms with Gasteiger partial charge in [-0.3, -0.25) is 4.99 Å². The van der Waals surface area contributed by atoms with Crippen molar-refractivity contribution in [2.45, 2.75) is 19.8 Å². The number of rotatable bonds is 5. The SMILES string of the molecule is Cc1ccc(C(c2ccc(N=Cc3ccccc3O)cc2)c2ccc(C)o2)o1. The molecule has 0 radical (unpaired) electrons. The molecule has 0 aliphatic rings. The molecule has 0 atom stereocenters. The van der Waals surface area contributed by atoms with Crippen LogP contribution in [0.15, 0.2) is 86.6 Å². The number of aromatic hydroxyl groups is 1. The normalized spacial score (nSPS) is 11.5. The minimum atomic E-state index is -0.112. The predicted octanol–water partition coefficient (Wildman–Crippen LogP) is 6.13. The van der Waals surface area contributed by atoms with E-state index in [1.54, 1.807) is 18.3 Å². The van der Waals surface area contributed by atoms with Crippen molar-refractivity contribution in [3.05, 3.63) is 107 Å². The summed E-state index contributed by atoms with van der Waals surface area (Å²) < 4.78 is 11.8. The molecule has 0 aliphatic carbocycles. The fourth-order valence-corrected chi connectivity index (χ4v) is 3.18. The Bertz CT molecular complexity index is 1060. The molecule has 0 spiro atoms. The van der Waals surface area contributed by atoms with E-state index in [1.165, 1.54) is 0 Å². The number of phenolic OH excluding ortho intramolecular Hbond substituents is 1. The summed E-state index contributed by atoms with van der Waals surface area (Å²) in [4.78, 5) is 4.46. The number of nitrogens with zero attached hydrogens (tertiary/aromatic N) is 1. The van der Waals surface area contributed by atoms with Gasteiger partial charge in [-0.15, -0.1) is 0 Å². The van der Waals surface area contributed by atoms with E-state index in [9.17, 15) is 5.11 Å². The number of furan rings is 2. The van der Waals surface area contributed by atoms with Crippen molar-refractivity contribution in [2.75, 3.05) is 0 Å². The van der Waals surface area contributed by atoms with Gasteiger partial charge in [-0.05, 0) is 67.9 Å². The van der Waals surface area contributed by atoms with Crippen LogP contribution < -0.4 is 0 Å². The van der Waals surface area contributed by atoms with Crippen molar-refractivity contribution >= 4 is 11.9 Å². The topological polar surface area (TPSA) is 58.9 Å². The highest BCUT2D eigenvalue weighted by molar-refractivity contribution is 5.85. The number of phenols is 1. The van der Waals surface area contributed by atoms with Gasteiger partial charge in [-0.2, -0.15) is 0 Å². The van der Waals surface area contributed by atoms with Crippen LogP contribution in [-0.2, 0) is 0 Å². The lowest BCUT2D eigenvalue weighted by molar-refractivity contribution is 0.428. The summed E-state index contributed by atoms with van der Waals surface area (Å²) in [6.07, 6.45) is 1.66. The van der Waals surface area contributed by atoms with Crippen LogP contribution in [0.2, 0.25) is 0 Å². The Kier molecular flexibility index (Phi) is 4.85. The number of hydrogen-bond acceptors (Lipinski definition) is 4. The first-order valence-electron chi connectivity index (χ1n) is 9.15. The molecular weight excluding hydrogens is 350 g/mol. The van der Waals surface area contributed by atoms with Gasteiger partial charge < -0.3 is 13.9 Å². The summed E-state index contributed by atoms with van der Waals surface area (Å²) in [5, 5.41) is 9.85. The number of para-hydroxylation sites is 1. The first-order chi connectivity index (χ1) is 13.6. The van der Waals surface area contributed by atoms with E-state index in [4.69, 9.17) is 8.83 Å². The minimum absolute atomic E-state index is 0.112. The van der Waals surface area contributed by atoms with Crippen molar-refractivity contribution in [3.8, 4) is 5.75 Å². The predicted molar refractivity (Wildman–Crippen MR) is 110 cm³/mol. The van der Waals surface area contributed by atoms with Gasteiger partial charge in [0.25, 0.3) is 0 Å². The number of hydrogen-bond donors (Lipinski definition) is 1. The van der Waals surface area contributed by atoms with Crippen LogP contribution in [0.1, 0.15) is 40.1 Å². The monoisotopic (exact) mass is 371 g/mol. The summed E-state index contributed by atoms with van der Waals surface area (Å²) in [5.74, 6) is 3.52. The third-order valence-corrected chi connectivity index (χ3v) is 4.61. The maximum absolute atomic E-state index is 9.85. The third kappa shape index (κ3) is 3.76. The maximum atomic E-state index is 9.85. The zero-order valence-corrected chi connectivity index (χ0v) is 15.8. The average Bonchev–Trinajstić information content (AvgIpc) is 3.31. The molecule has 0 amide bonds. The Morgan fingerprint density at radius 3 is 1.93 bits per heavy atom. The van der Waals surface area contributed by atoms with Gasteiger partial charge in [0.05, 0.1) is 5.69 Å². The highest BCUT2D eigenvalue weighted by Gasteiger charge is 2.23. The molecule has 0 unspecified atom stereocenters. The van der Waals surface area contributed by atoms with Crippen molar-refractivity contribution in [2.24, 2.45) is 4.99 Å². The van der Waals surface area contributed by atoms with Gasteiger partial charge in [0, 0.05) is 11.8 Å². The van der Waals surface area contributed by atoms with Gasteiger partial charge in [0.15, 0.2) is 0 Å². The molecule has 0 saturated heterocycles. The quantitative estimate of drug-likeness (QED) is 0.430. The number of benzene rings is 2. The molecule has 4 nitrogen and oxygen atoms in total. The fourth-order valence-electron chi connectivity index (χ4n) is 3.18. The Morgan fingerprint density at radius 2 is 1.39 bits per heavy atom. The number of aryl methyl sites for hydroxylation is 2. The van der Waals surface area contributed by atoms with Crippen LogP contribution >= 0.6 is 0 Å². The summed E-state index contributed by atoms with van der Waals surface area (Å²) in [7, 11) is 0. The Hall–Kier alpha value is -3.53. The van der Waals surface area contributed by atoms with Crippen LogP contribution in [0.4, 0.5) is 5.69 Å². The molecular formula is C24H21NO3. The molecule has 4 aromatic rings. The van der Waals surface area contributed by atoms with E-state index in [0.717, 1.165) is 34.3 Å². The van der Waals surface area contributed by atoms with E-state index in [2.05, 4.69) is 4.99 Å². The van der Waals surface area contributed by atoms with Crippen molar-refractivity contribution in [1.29, 1.82) is 0 Å². The molecule has 0 saturated carbocycles. The summed E-state index contributed by atoms with van der Waals surface area (Å²) >= 11 is 0. The second kappa shape index (κ2) is 7.61. The van der Waals surface area contributed by atoms with Crippen LogP contribution in [0.25, 0.3) is 0 Å². The lowest BCUT2D eigenvalue weighted by Crippen LogP contribution is -2.00. The fraction of sp³-hybridized carbons (Fsp3) is 0.125. The molecule has 0 aliphatic heterocycles. The van der Waals surface area contributed by atoms with Gasteiger partial charge in [0.2, 0.25) is 0 Å². The highest BCUT2D eigenvalue weighted by Crippen LogP contribution is 2.34. The third-order valence-electron chi connectivity index (χ3n) is 4.61. The van der Waals surface area contributed by atoms with Gasteiger partial charge in [-0.25, -0.2) is 0 Å². The molecule has 1 N–H and O–H groups in total. The molecule has 0 bridgehead atoms. The van der Waals surface area contributed by atoms with E-state index < -0.39 is 0 Å². The zero-order chi connectivity index (χ0) is 19.5. The van der Waals surface area contributed by atoms with Crippen LogP contribution in [0.3, 0.4) is 0 Å². The number of aliphatic imine (C=N–C) groups is 1. The van der Waals surface area contributed by atoms with E-state index in [1.807, 2.05) is 74.5 Å².